The summed E-state index contributed by atoms with van der Waals surface area (Å²) in [6.45, 7) is 5.35. The highest BCUT2D eigenvalue weighted by molar-refractivity contribution is 5.93. The summed E-state index contributed by atoms with van der Waals surface area (Å²) in [7, 11) is 0. The molecule has 1 aliphatic rings. The summed E-state index contributed by atoms with van der Waals surface area (Å²) in [6.07, 6.45) is 6.41. The van der Waals surface area contributed by atoms with Crippen LogP contribution in [-0.2, 0) is 0 Å². The van der Waals surface area contributed by atoms with Gasteiger partial charge >= 0.3 is 0 Å². The number of carbonyl (C=O) groups excluding carboxylic acids is 1. The molecule has 0 aromatic carbocycles. The van der Waals surface area contributed by atoms with Crippen LogP contribution in [0.1, 0.15) is 39.8 Å². The molecule has 1 fully saturated rings. The molecule has 5 heterocycles. The van der Waals surface area contributed by atoms with E-state index in [9.17, 15) is 4.79 Å². The van der Waals surface area contributed by atoms with Gasteiger partial charge < -0.3 is 15.0 Å². The summed E-state index contributed by atoms with van der Waals surface area (Å²) >= 11 is 0. The minimum absolute atomic E-state index is 0.0283. The van der Waals surface area contributed by atoms with E-state index < -0.39 is 0 Å². The third-order valence-corrected chi connectivity index (χ3v) is 5.82. The van der Waals surface area contributed by atoms with Gasteiger partial charge in [-0.2, -0.15) is 0 Å². The van der Waals surface area contributed by atoms with E-state index in [1.807, 2.05) is 59.8 Å². The highest BCUT2D eigenvalue weighted by Gasteiger charge is 2.30. The lowest BCUT2D eigenvalue weighted by Gasteiger charge is -2.16. The molecule has 0 unspecified atom stereocenters. The highest BCUT2D eigenvalue weighted by Crippen LogP contribution is 2.30. The Balaban J connectivity index is 1.37. The zero-order valence-corrected chi connectivity index (χ0v) is 17.6. The van der Waals surface area contributed by atoms with Gasteiger partial charge in [-0.3, -0.25) is 9.78 Å². The summed E-state index contributed by atoms with van der Waals surface area (Å²) in [4.78, 5) is 28.5. The number of amides is 1. The van der Waals surface area contributed by atoms with Gasteiger partial charge in [0.2, 0.25) is 0 Å². The number of aryl methyl sites for hydroxylation is 2. The Bertz CT molecular complexity index is 1280. The van der Waals surface area contributed by atoms with E-state index in [2.05, 4.69) is 16.0 Å². The van der Waals surface area contributed by atoms with Crippen LogP contribution in [0.4, 0.5) is 5.82 Å². The second-order valence-corrected chi connectivity index (χ2v) is 8.23. The van der Waals surface area contributed by atoms with Crippen LogP contribution in [0, 0.1) is 13.8 Å². The van der Waals surface area contributed by atoms with Crippen molar-refractivity contribution >= 4 is 17.4 Å². The van der Waals surface area contributed by atoms with Crippen LogP contribution in [0.5, 0.6) is 0 Å². The van der Waals surface area contributed by atoms with Crippen molar-refractivity contribution in [2.45, 2.75) is 26.2 Å². The second-order valence-electron chi connectivity index (χ2n) is 8.23. The normalized spacial score (nSPS) is 16.2. The smallest absolute Gasteiger partial charge is 0.274 e. The van der Waals surface area contributed by atoms with Gasteiger partial charge in [-0.1, -0.05) is 0 Å². The average molecular weight is 412 g/mol. The summed E-state index contributed by atoms with van der Waals surface area (Å²) in [5.74, 6) is 0.671. The van der Waals surface area contributed by atoms with Gasteiger partial charge in [-0.05, 0) is 67.8 Å². The Labute approximate surface area is 180 Å². The fraction of sp³-hybridized carbons (Fsp3) is 0.250. The third kappa shape index (κ3) is 3.74. The molecule has 0 radical (unpaired) electrons. The third-order valence-electron chi connectivity index (χ3n) is 5.82. The van der Waals surface area contributed by atoms with Gasteiger partial charge in [0.1, 0.15) is 17.2 Å². The number of aromatic nitrogens is 4. The highest BCUT2D eigenvalue weighted by atomic mass is 16.2. The fourth-order valence-electron chi connectivity index (χ4n) is 4.18. The van der Waals surface area contributed by atoms with Gasteiger partial charge in [-0.15, -0.1) is 0 Å². The number of nitrogens with two attached hydrogens (primary N) is 1. The largest absolute Gasteiger partial charge is 0.384 e. The molecular weight excluding hydrogens is 388 g/mol. The molecule has 1 saturated heterocycles. The Hall–Kier alpha value is -3.74. The van der Waals surface area contributed by atoms with Crippen LogP contribution in [0.25, 0.3) is 16.8 Å². The van der Waals surface area contributed by atoms with Gasteiger partial charge in [-0.25, -0.2) is 9.97 Å². The zero-order valence-electron chi connectivity index (χ0n) is 17.6. The minimum atomic E-state index is -0.0283. The lowest BCUT2D eigenvalue weighted by Crippen LogP contribution is -2.28. The van der Waals surface area contributed by atoms with Crippen LogP contribution in [0.15, 0.2) is 55.0 Å². The summed E-state index contributed by atoms with van der Waals surface area (Å²) < 4.78 is 1.89. The van der Waals surface area contributed by atoms with E-state index in [1.165, 1.54) is 0 Å². The lowest BCUT2D eigenvalue weighted by atomic mass is 9.99. The fourth-order valence-corrected chi connectivity index (χ4v) is 4.18. The van der Waals surface area contributed by atoms with Gasteiger partial charge in [0.15, 0.2) is 0 Å². The van der Waals surface area contributed by atoms with Gasteiger partial charge in [0.05, 0.1) is 0 Å². The first-order valence-corrected chi connectivity index (χ1v) is 10.4. The van der Waals surface area contributed by atoms with Crippen molar-refractivity contribution in [1.82, 2.24) is 24.3 Å². The van der Waals surface area contributed by atoms with Crippen molar-refractivity contribution in [3.8, 4) is 11.1 Å². The van der Waals surface area contributed by atoms with E-state index in [1.54, 1.807) is 12.3 Å². The maximum Gasteiger partial charge on any atom is 0.274 e. The predicted octanol–water partition coefficient (Wildman–Crippen LogP) is 3.62. The maximum absolute atomic E-state index is 13.1. The zero-order chi connectivity index (χ0) is 21.5. The molecule has 0 saturated carbocycles. The molecule has 2 N–H and O–H groups in total. The van der Waals surface area contributed by atoms with Gasteiger partial charge in [0.25, 0.3) is 5.91 Å². The molecular formula is C24H24N6O. The molecule has 156 valence electrons. The molecule has 5 rings (SSSR count). The molecule has 1 atom stereocenters. The molecule has 4 aromatic heterocycles. The molecule has 0 bridgehead atoms. The average Bonchev–Trinajstić information content (AvgIpc) is 3.40. The Morgan fingerprint density at radius 3 is 2.77 bits per heavy atom. The number of nitrogen functional groups attached to an aromatic ring is 1. The summed E-state index contributed by atoms with van der Waals surface area (Å²) in [6, 6.07) is 11.9. The summed E-state index contributed by atoms with van der Waals surface area (Å²) in [5.41, 5.74) is 12.1. The molecule has 1 aliphatic heterocycles. The monoisotopic (exact) mass is 412 g/mol. The second kappa shape index (κ2) is 7.50. The van der Waals surface area contributed by atoms with E-state index >= 15 is 0 Å². The maximum atomic E-state index is 13.1. The predicted molar refractivity (Wildman–Crippen MR) is 120 cm³/mol. The van der Waals surface area contributed by atoms with E-state index in [-0.39, 0.29) is 11.8 Å². The van der Waals surface area contributed by atoms with Crippen molar-refractivity contribution in [3.05, 3.63) is 77.6 Å². The molecule has 7 nitrogen and oxygen atoms in total. The Morgan fingerprint density at radius 2 is 1.97 bits per heavy atom. The first kappa shape index (κ1) is 19.2. The number of pyridine rings is 3. The topological polar surface area (TPSA) is 89.4 Å². The standard InChI is InChI=1S/C24H24N6O/c1-15-5-7-29-14-21(28-23(29)9-15)24(31)30-8-6-18(13-30)20-11-19(10-16(2)27-20)17-3-4-22(25)26-12-17/h3-5,7,9-12,14,18H,6,8,13H2,1-2H3,(H2,25,26)/t18-/m1/s1. The molecule has 31 heavy (non-hydrogen) atoms. The van der Waals surface area contributed by atoms with Crippen molar-refractivity contribution in [2.75, 3.05) is 18.8 Å². The molecule has 7 heteroatoms. The van der Waals surface area contributed by atoms with Crippen LogP contribution < -0.4 is 5.73 Å². The molecule has 0 spiro atoms. The van der Waals surface area contributed by atoms with Crippen LogP contribution in [0.2, 0.25) is 0 Å². The van der Waals surface area contributed by atoms with Gasteiger partial charge in [0, 0.05) is 54.5 Å². The van der Waals surface area contributed by atoms with E-state index in [0.717, 1.165) is 40.1 Å². The number of nitrogens with zero attached hydrogens (tertiary/aromatic N) is 5. The number of fused-ring (bicyclic) bond motifs is 1. The first-order chi connectivity index (χ1) is 15.0. The van der Waals surface area contributed by atoms with Crippen molar-refractivity contribution < 1.29 is 4.79 Å². The lowest BCUT2D eigenvalue weighted by molar-refractivity contribution is 0.0785. The number of anilines is 1. The van der Waals surface area contributed by atoms with Crippen molar-refractivity contribution in [3.63, 3.8) is 0 Å². The number of imidazole rings is 1. The van der Waals surface area contributed by atoms with Crippen molar-refractivity contribution in [1.29, 1.82) is 0 Å². The quantitative estimate of drug-likeness (QED) is 0.555. The van der Waals surface area contributed by atoms with Crippen molar-refractivity contribution in [2.24, 2.45) is 0 Å². The number of hydrogen-bond acceptors (Lipinski definition) is 5. The molecule has 1 amide bonds. The van der Waals surface area contributed by atoms with Crippen LogP contribution in [-0.4, -0.2) is 43.2 Å². The SMILES string of the molecule is Cc1ccn2cc(C(=O)N3CC[C@@H](c4cc(-c5ccc(N)nc5)cc(C)n4)C3)nc2c1. The molecule has 0 aliphatic carbocycles. The van der Waals surface area contributed by atoms with E-state index in [0.29, 0.717) is 24.6 Å². The number of hydrogen-bond donors (Lipinski definition) is 1. The first-order valence-electron chi connectivity index (χ1n) is 10.4. The van der Waals surface area contributed by atoms with Crippen LogP contribution >= 0.6 is 0 Å². The molecule has 4 aromatic rings. The Morgan fingerprint density at radius 1 is 1.10 bits per heavy atom. The number of likely N-dealkylation sites (tertiary alicyclic amines) is 1. The van der Waals surface area contributed by atoms with Crippen LogP contribution in [0.3, 0.4) is 0 Å². The summed E-state index contributed by atoms with van der Waals surface area (Å²) in [5, 5.41) is 0. The van der Waals surface area contributed by atoms with E-state index in [4.69, 9.17) is 10.7 Å². The minimum Gasteiger partial charge on any atom is -0.384 e. The Kier molecular flexibility index (Phi) is 4.66. The number of carbonyl (C=O) groups is 1. The number of rotatable bonds is 3.